The Morgan fingerprint density at radius 1 is 1.40 bits per heavy atom. The van der Waals surface area contributed by atoms with Crippen LogP contribution in [-0.4, -0.2) is 30.1 Å². The first-order valence-corrected chi connectivity index (χ1v) is 4.55. The Morgan fingerprint density at radius 3 is 2.33 bits per heavy atom. The smallest absolute Gasteiger partial charge is 0.325 e. The number of hydrogen-bond acceptors (Lipinski definition) is 2. The lowest BCUT2D eigenvalue weighted by Crippen LogP contribution is -2.27. The van der Waals surface area contributed by atoms with Crippen LogP contribution in [0, 0.1) is 0 Å². The molecular formula is C10H13Cl2NO2. The van der Waals surface area contributed by atoms with Gasteiger partial charge < -0.3 is 5.11 Å². The van der Waals surface area contributed by atoms with Crippen molar-refractivity contribution < 1.29 is 9.90 Å². The average molecular weight is 250 g/mol. The quantitative estimate of drug-likeness (QED) is 0.895. The van der Waals surface area contributed by atoms with Crippen molar-refractivity contribution in [3.8, 4) is 0 Å². The third-order valence-electron chi connectivity index (χ3n) is 1.95. The second-order valence-electron chi connectivity index (χ2n) is 3.23. The largest absolute Gasteiger partial charge is 0.480 e. The number of nitrogens with zero attached hydrogens (tertiary/aromatic N) is 1. The maximum atomic E-state index is 11.0. The van der Waals surface area contributed by atoms with Crippen LogP contribution in [0.1, 0.15) is 11.6 Å². The van der Waals surface area contributed by atoms with E-state index in [0.29, 0.717) is 10.6 Å². The fourth-order valence-corrected chi connectivity index (χ4v) is 1.57. The number of benzene rings is 1. The second kappa shape index (κ2) is 5.95. The number of hydrogen-bond donors (Lipinski definition) is 1. The van der Waals surface area contributed by atoms with E-state index >= 15 is 0 Å². The molecule has 1 aromatic carbocycles. The molecule has 0 aromatic heterocycles. The minimum atomic E-state index is -0.900. The highest BCUT2D eigenvalue weighted by atomic mass is 35.5. The average Bonchev–Trinajstić information content (AvgIpc) is 2.07. The zero-order valence-corrected chi connectivity index (χ0v) is 10.0. The zero-order valence-electron chi connectivity index (χ0n) is 8.48. The Morgan fingerprint density at radius 2 is 1.93 bits per heavy atom. The summed E-state index contributed by atoms with van der Waals surface area (Å²) in [6.07, 6.45) is 0. The topological polar surface area (TPSA) is 40.5 Å². The van der Waals surface area contributed by atoms with E-state index in [1.165, 1.54) is 0 Å². The van der Waals surface area contributed by atoms with Gasteiger partial charge in [0.05, 0.1) is 0 Å². The first-order valence-electron chi connectivity index (χ1n) is 4.17. The fourth-order valence-electron chi connectivity index (χ4n) is 1.33. The molecule has 1 rings (SSSR count). The molecule has 0 amide bonds. The predicted octanol–water partition coefficient (Wildman–Crippen LogP) is 2.45. The Hall–Kier alpha value is -0.770. The van der Waals surface area contributed by atoms with Gasteiger partial charge in [-0.25, -0.2) is 0 Å². The number of carboxylic acids is 1. The van der Waals surface area contributed by atoms with E-state index in [-0.39, 0.29) is 12.4 Å². The van der Waals surface area contributed by atoms with Gasteiger partial charge in [0.2, 0.25) is 0 Å². The predicted molar refractivity (Wildman–Crippen MR) is 62.8 cm³/mol. The molecule has 15 heavy (non-hydrogen) atoms. The van der Waals surface area contributed by atoms with Gasteiger partial charge in [0.1, 0.15) is 6.04 Å². The summed E-state index contributed by atoms with van der Waals surface area (Å²) >= 11 is 5.92. The maximum Gasteiger partial charge on any atom is 0.325 e. The molecule has 0 radical (unpaired) electrons. The lowest BCUT2D eigenvalue weighted by Gasteiger charge is -2.21. The van der Waals surface area contributed by atoms with Crippen LogP contribution in [0.4, 0.5) is 0 Å². The summed E-state index contributed by atoms with van der Waals surface area (Å²) in [6, 6.07) is 6.28. The molecule has 0 saturated carbocycles. The SMILES string of the molecule is CN(C)C(C(=O)O)c1ccccc1Cl.Cl. The summed E-state index contributed by atoms with van der Waals surface area (Å²) < 4.78 is 0. The Bertz CT molecular complexity index is 342. The van der Waals surface area contributed by atoms with E-state index in [0.717, 1.165) is 0 Å². The minimum Gasteiger partial charge on any atom is -0.480 e. The van der Waals surface area contributed by atoms with Gasteiger partial charge in [-0.15, -0.1) is 12.4 Å². The first kappa shape index (κ1) is 14.2. The van der Waals surface area contributed by atoms with Gasteiger partial charge in [0, 0.05) is 5.02 Å². The van der Waals surface area contributed by atoms with Gasteiger partial charge in [-0.1, -0.05) is 29.8 Å². The van der Waals surface area contributed by atoms with Crippen molar-refractivity contribution in [3.05, 3.63) is 34.9 Å². The van der Waals surface area contributed by atoms with Crippen molar-refractivity contribution in [2.75, 3.05) is 14.1 Å². The molecule has 5 heteroatoms. The van der Waals surface area contributed by atoms with Crippen LogP contribution < -0.4 is 0 Å². The van der Waals surface area contributed by atoms with Crippen molar-refractivity contribution in [1.29, 1.82) is 0 Å². The van der Waals surface area contributed by atoms with E-state index in [9.17, 15) is 4.79 Å². The van der Waals surface area contributed by atoms with Crippen molar-refractivity contribution >= 4 is 30.0 Å². The highest BCUT2D eigenvalue weighted by Crippen LogP contribution is 2.25. The van der Waals surface area contributed by atoms with E-state index in [1.54, 1.807) is 43.3 Å². The molecule has 0 fully saturated rings. The highest BCUT2D eigenvalue weighted by Gasteiger charge is 2.23. The summed E-state index contributed by atoms with van der Waals surface area (Å²) in [6.45, 7) is 0. The van der Waals surface area contributed by atoms with Gasteiger partial charge in [-0.2, -0.15) is 0 Å². The number of aliphatic carboxylic acids is 1. The molecule has 1 unspecified atom stereocenters. The van der Waals surface area contributed by atoms with Crippen LogP contribution in [-0.2, 0) is 4.79 Å². The molecule has 0 aliphatic carbocycles. The zero-order chi connectivity index (χ0) is 10.7. The Kier molecular flexibility index (Phi) is 5.65. The summed E-state index contributed by atoms with van der Waals surface area (Å²) in [5.74, 6) is -0.900. The van der Waals surface area contributed by atoms with Gasteiger partial charge >= 0.3 is 5.97 Å². The standard InChI is InChI=1S/C10H12ClNO2.ClH/c1-12(2)9(10(13)14)7-5-3-4-6-8(7)11;/h3-6,9H,1-2H3,(H,13,14);1H. The molecule has 1 N–H and O–H groups in total. The van der Waals surface area contributed by atoms with Gasteiger partial charge in [0.25, 0.3) is 0 Å². The molecular weight excluding hydrogens is 237 g/mol. The molecule has 0 spiro atoms. The summed E-state index contributed by atoms with van der Waals surface area (Å²) in [4.78, 5) is 12.6. The van der Waals surface area contributed by atoms with Crippen molar-refractivity contribution in [2.24, 2.45) is 0 Å². The molecule has 1 aromatic rings. The maximum absolute atomic E-state index is 11.0. The van der Waals surface area contributed by atoms with Crippen LogP contribution in [0.15, 0.2) is 24.3 Å². The van der Waals surface area contributed by atoms with E-state index in [4.69, 9.17) is 16.7 Å². The van der Waals surface area contributed by atoms with Crippen LogP contribution in [0.25, 0.3) is 0 Å². The lowest BCUT2D eigenvalue weighted by molar-refractivity contribution is -0.142. The summed E-state index contributed by atoms with van der Waals surface area (Å²) in [7, 11) is 3.42. The lowest BCUT2D eigenvalue weighted by atomic mass is 10.1. The number of halogens is 2. The Labute approximate surface area is 100 Å². The van der Waals surface area contributed by atoms with Gasteiger partial charge in [-0.3, -0.25) is 9.69 Å². The number of rotatable bonds is 3. The van der Waals surface area contributed by atoms with Crippen LogP contribution in [0.3, 0.4) is 0 Å². The third kappa shape index (κ3) is 3.38. The normalized spacial score (nSPS) is 12.0. The highest BCUT2D eigenvalue weighted by molar-refractivity contribution is 6.31. The molecule has 0 bridgehead atoms. The van der Waals surface area contributed by atoms with E-state index < -0.39 is 12.0 Å². The molecule has 1 atom stereocenters. The van der Waals surface area contributed by atoms with Gasteiger partial charge in [0.15, 0.2) is 0 Å². The second-order valence-corrected chi connectivity index (χ2v) is 3.63. The van der Waals surface area contributed by atoms with Crippen LogP contribution in [0.2, 0.25) is 5.02 Å². The van der Waals surface area contributed by atoms with Gasteiger partial charge in [-0.05, 0) is 25.7 Å². The number of likely N-dealkylation sites (N-methyl/N-ethyl adjacent to an activating group) is 1. The first-order chi connectivity index (χ1) is 6.54. The molecule has 84 valence electrons. The summed E-state index contributed by atoms with van der Waals surface area (Å²) in [5, 5.41) is 9.50. The number of carboxylic acid groups (broad SMARTS) is 1. The van der Waals surface area contributed by atoms with E-state index in [2.05, 4.69) is 0 Å². The van der Waals surface area contributed by atoms with Crippen LogP contribution in [0.5, 0.6) is 0 Å². The Balaban J connectivity index is 0.00000196. The molecule has 0 aliphatic heterocycles. The van der Waals surface area contributed by atoms with Crippen molar-refractivity contribution in [2.45, 2.75) is 6.04 Å². The minimum absolute atomic E-state index is 0. The summed E-state index contributed by atoms with van der Waals surface area (Å²) in [5.41, 5.74) is 0.617. The van der Waals surface area contributed by atoms with E-state index in [1.807, 2.05) is 0 Å². The number of carbonyl (C=O) groups is 1. The fraction of sp³-hybridized carbons (Fsp3) is 0.300. The molecule has 0 saturated heterocycles. The van der Waals surface area contributed by atoms with Crippen molar-refractivity contribution in [1.82, 2.24) is 4.90 Å². The van der Waals surface area contributed by atoms with Crippen molar-refractivity contribution in [3.63, 3.8) is 0 Å². The third-order valence-corrected chi connectivity index (χ3v) is 2.29. The molecule has 0 aliphatic rings. The van der Waals surface area contributed by atoms with Crippen LogP contribution >= 0.6 is 24.0 Å². The molecule has 3 nitrogen and oxygen atoms in total. The monoisotopic (exact) mass is 249 g/mol. The molecule has 0 heterocycles.